The molecule has 0 radical (unpaired) electrons. The first kappa shape index (κ1) is 15.1. The molecule has 0 saturated carbocycles. The molecule has 2 unspecified atom stereocenters. The zero-order valence-electron chi connectivity index (χ0n) is 11.1. The zero-order chi connectivity index (χ0) is 13.7. The van der Waals surface area contributed by atoms with Gasteiger partial charge in [-0.15, -0.1) is 0 Å². The molecular formula is C14H21F2NO. The third kappa shape index (κ3) is 4.35. The van der Waals surface area contributed by atoms with E-state index in [4.69, 9.17) is 0 Å². The summed E-state index contributed by atoms with van der Waals surface area (Å²) in [7, 11) is 0. The average Bonchev–Trinajstić information content (AvgIpc) is 2.28. The van der Waals surface area contributed by atoms with E-state index in [2.05, 4.69) is 26.1 Å². The summed E-state index contributed by atoms with van der Waals surface area (Å²) in [6.07, 6.45) is -0.954. The minimum atomic E-state index is -0.954. The number of aliphatic hydroxyl groups excluding tert-OH is 1. The van der Waals surface area contributed by atoms with Crippen molar-refractivity contribution < 1.29 is 13.9 Å². The van der Waals surface area contributed by atoms with Crippen molar-refractivity contribution in [1.29, 1.82) is 0 Å². The van der Waals surface area contributed by atoms with Crippen LogP contribution in [0, 0.1) is 23.5 Å². The Balaban J connectivity index is 2.48. The van der Waals surface area contributed by atoms with Crippen molar-refractivity contribution in [3.05, 3.63) is 35.4 Å². The fourth-order valence-corrected chi connectivity index (χ4v) is 1.57. The highest BCUT2D eigenvalue weighted by Crippen LogP contribution is 2.17. The first-order chi connectivity index (χ1) is 8.41. The zero-order valence-corrected chi connectivity index (χ0v) is 11.1. The molecule has 1 aromatic carbocycles. The SMILES string of the molecule is CC(C)C(C)CNCC(O)c1ccc(F)cc1F. The number of nitrogens with one attached hydrogen (secondary N) is 1. The van der Waals surface area contributed by atoms with Gasteiger partial charge >= 0.3 is 0 Å². The summed E-state index contributed by atoms with van der Waals surface area (Å²) >= 11 is 0. The maximum absolute atomic E-state index is 13.4. The lowest BCUT2D eigenvalue weighted by Crippen LogP contribution is -2.28. The van der Waals surface area contributed by atoms with Crippen molar-refractivity contribution in [2.45, 2.75) is 26.9 Å². The van der Waals surface area contributed by atoms with E-state index in [-0.39, 0.29) is 12.1 Å². The van der Waals surface area contributed by atoms with E-state index < -0.39 is 17.7 Å². The molecule has 0 heterocycles. The van der Waals surface area contributed by atoms with Crippen LogP contribution in [0.25, 0.3) is 0 Å². The van der Waals surface area contributed by atoms with E-state index >= 15 is 0 Å². The van der Waals surface area contributed by atoms with Gasteiger partial charge in [0, 0.05) is 18.2 Å². The summed E-state index contributed by atoms with van der Waals surface area (Å²) in [6, 6.07) is 3.22. The molecule has 2 N–H and O–H groups in total. The summed E-state index contributed by atoms with van der Waals surface area (Å²) in [5, 5.41) is 12.9. The molecule has 0 saturated heterocycles. The summed E-state index contributed by atoms with van der Waals surface area (Å²) in [4.78, 5) is 0. The third-order valence-corrected chi connectivity index (χ3v) is 3.26. The average molecular weight is 257 g/mol. The molecule has 2 nitrogen and oxygen atoms in total. The van der Waals surface area contributed by atoms with Gasteiger partial charge in [-0.05, 0) is 24.4 Å². The third-order valence-electron chi connectivity index (χ3n) is 3.26. The second-order valence-electron chi connectivity index (χ2n) is 5.06. The molecule has 0 amide bonds. The maximum atomic E-state index is 13.4. The number of benzene rings is 1. The molecule has 102 valence electrons. The highest BCUT2D eigenvalue weighted by molar-refractivity contribution is 5.21. The minimum Gasteiger partial charge on any atom is -0.387 e. The Kier molecular flexibility index (Phi) is 5.69. The Bertz CT molecular complexity index is 382. The predicted molar refractivity (Wildman–Crippen MR) is 68.2 cm³/mol. The van der Waals surface area contributed by atoms with Crippen molar-refractivity contribution in [1.82, 2.24) is 5.32 Å². The Morgan fingerprint density at radius 2 is 1.83 bits per heavy atom. The molecule has 1 rings (SSSR count). The van der Waals surface area contributed by atoms with Gasteiger partial charge in [0.25, 0.3) is 0 Å². The van der Waals surface area contributed by atoms with E-state index in [1.165, 1.54) is 6.07 Å². The lowest BCUT2D eigenvalue weighted by molar-refractivity contribution is 0.167. The van der Waals surface area contributed by atoms with Crippen LogP contribution in [0.15, 0.2) is 18.2 Å². The van der Waals surface area contributed by atoms with Crippen LogP contribution in [0.4, 0.5) is 8.78 Å². The van der Waals surface area contributed by atoms with Crippen LogP contribution in [0.2, 0.25) is 0 Å². The Morgan fingerprint density at radius 1 is 1.17 bits per heavy atom. The maximum Gasteiger partial charge on any atom is 0.131 e. The van der Waals surface area contributed by atoms with Gasteiger partial charge in [-0.2, -0.15) is 0 Å². The van der Waals surface area contributed by atoms with E-state index in [9.17, 15) is 13.9 Å². The quantitative estimate of drug-likeness (QED) is 0.821. The van der Waals surface area contributed by atoms with Gasteiger partial charge in [0.1, 0.15) is 11.6 Å². The van der Waals surface area contributed by atoms with Gasteiger partial charge in [0.15, 0.2) is 0 Å². The Labute approximate surface area is 107 Å². The number of rotatable bonds is 6. The molecule has 0 fully saturated rings. The van der Waals surface area contributed by atoms with Gasteiger partial charge in [-0.25, -0.2) is 8.78 Å². The van der Waals surface area contributed by atoms with Crippen LogP contribution < -0.4 is 5.32 Å². The smallest absolute Gasteiger partial charge is 0.131 e. The van der Waals surface area contributed by atoms with Gasteiger partial charge in [-0.3, -0.25) is 0 Å². The molecule has 4 heteroatoms. The first-order valence-corrected chi connectivity index (χ1v) is 6.25. The monoisotopic (exact) mass is 257 g/mol. The number of hydrogen-bond acceptors (Lipinski definition) is 2. The normalized spacial score (nSPS) is 14.8. The van der Waals surface area contributed by atoms with Crippen LogP contribution in [0.5, 0.6) is 0 Å². The van der Waals surface area contributed by atoms with Gasteiger partial charge in [-0.1, -0.05) is 26.8 Å². The highest BCUT2D eigenvalue weighted by Gasteiger charge is 2.14. The van der Waals surface area contributed by atoms with E-state index in [1.807, 2.05) is 0 Å². The van der Waals surface area contributed by atoms with Crippen LogP contribution in [0.3, 0.4) is 0 Å². The van der Waals surface area contributed by atoms with Crippen molar-refractivity contribution >= 4 is 0 Å². The fourth-order valence-electron chi connectivity index (χ4n) is 1.57. The predicted octanol–water partition coefficient (Wildman–Crippen LogP) is 2.88. The molecule has 0 aliphatic carbocycles. The Morgan fingerprint density at radius 3 is 2.39 bits per heavy atom. The molecular weight excluding hydrogens is 236 g/mol. The van der Waals surface area contributed by atoms with Crippen LogP contribution in [0.1, 0.15) is 32.4 Å². The van der Waals surface area contributed by atoms with Crippen molar-refractivity contribution in [2.75, 3.05) is 13.1 Å². The van der Waals surface area contributed by atoms with E-state index in [0.29, 0.717) is 11.8 Å². The lowest BCUT2D eigenvalue weighted by atomic mass is 9.98. The summed E-state index contributed by atoms with van der Waals surface area (Å²) in [5.41, 5.74) is 0.126. The summed E-state index contributed by atoms with van der Waals surface area (Å²) in [6.45, 7) is 7.39. The van der Waals surface area contributed by atoms with E-state index in [1.54, 1.807) is 0 Å². The topological polar surface area (TPSA) is 32.3 Å². The van der Waals surface area contributed by atoms with Crippen molar-refractivity contribution in [2.24, 2.45) is 11.8 Å². The van der Waals surface area contributed by atoms with Crippen LogP contribution in [-0.4, -0.2) is 18.2 Å². The second kappa shape index (κ2) is 6.81. The highest BCUT2D eigenvalue weighted by atomic mass is 19.1. The second-order valence-corrected chi connectivity index (χ2v) is 5.06. The first-order valence-electron chi connectivity index (χ1n) is 6.25. The number of hydrogen-bond donors (Lipinski definition) is 2. The molecule has 0 aromatic heterocycles. The van der Waals surface area contributed by atoms with Gasteiger partial charge in [0.2, 0.25) is 0 Å². The number of halogens is 2. The lowest BCUT2D eigenvalue weighted by Gasteiger charge is -2.18. The van der Waals surface area contributed by atoms with E-state index in [0.717, 1.165) is 18.7 Å². The molecule has 18 heavy (non-hydrogen) atoms. The largest absolute Gasteiger partial charge is 0.387 e. The van der Waals surface area contributed by atoms with Crippen LogP contribution >= 0.6 is 0 Å². The molecule has 2 atom stereocenters. The van der Waals surface area contributed by atoms with Crippen molar-refractivity contribution in [3.8, 4) is 0 Å². The molecule has 0 spiro atoms. The molecule has 0 aliphatic rings. The molecule has 0 aliphatic heterocycles. The summed E-state index contributed by atoms with van der Waals surface area (Å²) < 4.78 is 26.1. The standard InChI is InChI=1S/C14H21F2NO/c1-9(2)10(3)7-17-8-14(18)12-5-4-11(15)6-13(12)16/h4-6,9-10,14,17-18H,7-8H2,1-3H3. The minimum absolute atomic E-state index is 0.126. The van der Waals surface area contributed by atoms with Gasteiger partial charge < -0.3 is 10.4 Å². The number of aliphatic hydroxyl groups is 1. The summed E-state index contributed by atoms with van der Waals surface area (Å²) in [5.74, 6) is -0.307. The molecule has 1 aromatic rings. The van der Waals surface area contributed by atoms with Crippen molar-refractivity contribution in [3.63, 3.8) is 0 Å². The van der Waals surface area contributed by atoms with Crippen LogP contribution in [-0.2, 0) is 0 Å². The van der Waals surface area contributed by atoms with Gasteiger partial charge in [0.05, 0.1) is 6.10 Å². The Hall–Kier alpha value is -1.00. The fraction of sp³-hybridized carbons (Fsp3) is 0.571. The molecule has 0 bridgehead atoms.